The second-order valence-corrected chi connectivity index (χ2v) is 8.12. The molecule has 9 heteroatoms. The number of Topliss-reactive ketones (excluding diaryl/α,β-unsaturated/α-hetero) is 1. The average molecular weight is 433 g/mol. The number of ether oxygens (including phenoxy) is 1. The number of carbonyl (C=O) groups excluding carboxylic acids is 1. The number of rotatable bonds is 6. The van der Waals surface area contributed by atoms with Crippen LogP contribution in [0.1, 0.15) is 40.2 Å². The minimum atomic E-state index is -4.50. The summed E-state index contributed by atoms with van der Waals surface area (Å²) in [6.07, 6.45) is -1.55. The zero-order valence-corrected chi connectivity index (χ0v) is 17.0. The molecule has 0 amide bonds. The number of hydrogen-bond acceptors (Lipinski definition) is 4. The average Bonchev–Trinajstić information content (AvgIpc) is 3.23. The maximum atomic E-state index is 12.7. The quantitative estimate of drug-likeness (QED) is 0.457. The minimum absolute atomic E-state index is 0.0440. The molecule has 152 valence electrons. The topological polar surface area (TPSA) is 44.1 Å². The Labute approximate surface area is 170 Å². The molecule has 0 unspecified atom stereocenters. The Morgan fingerprint density at radius 2 is 2.14 bits per heavy atom. The van der Waals surface area contributed by atoms with Crippen LogP contribution in [0.5, 0.6) is 0 Å². The highest BCUT2D eigenvalue weighted by atomic mass is 35.5. The van der Waals surface area contributed by atoms with Crippen molar-refractivity contribution in [2.75, 3.05) is 12.4 Å². The van der Waals surface area contributed by atoms with Gasteiger partial charge in [0, 0.05) is 36.3 Å². The Morgan fingerprint density at radius 1 is 1.39 bits per heavy atom. The molecule has 1 aliphatic rings. The van der Waals surface area contributed by atoms with Crippen LogP contribution in [0, 0.1) is 13.8 Å². The van der Waals surface area contributed by atoms with Crippen LogP contribution < -0.4 is 0 Å². The third-order valence-electron chi connectivity index (χ3n) is 4.76. The van der Waals surface area contributed by atoms with Crippen LogP contribution in [-0.2, 0) is 17.5 Å². The molecule has 0 saturated carbocycles. The summed E-state index contributed by atoms with van der Waals surface area (Å²) >= 11 is 6.94. The van der Waals surface area contributed by atoms with Crippen LogP contribution in [0.15, 0.2) is 23.4 Å². The van der Waals surface area contributed by atoms with Gasteiger partial charge in [0.25, 0.3) is 0 Å². The van der Waals surface area contributed by atoms with E-state index in [0.717, 1.165) is 54.9 Å². The van der Waals surface area contributed by atoms with Crippen molar-refractivity contribution >= 4 is 29.1 Å². The monoisotopic (exact) mass is 432 g/mol. The number of hydrogen-bond donors (Lipinski definition) is 0. The molecule has 1 saturated heterocycles. The molecule has 0 N–H and O–H groups in total. The lowest BCUT2D eigenvalue weighted by Gasteiger charge is -2.14. The van der Waals surface area contributed by atoms with E-state index in [0.29, 0.717) is 12.1 Å². The molecular formula is C19H20ClF3N2O2S. The molecule has 1 atom stereocenters. The summed E-state index contributed by atoms with van der Waals surface area (Å²) in [7, 11) is 0. The lowest BCUT2D eigenvalue weighted by molar-refractivity contribution is -0.137. The molecule has 3 rings (SSSR count). The van der Waals surface area contributed by atoms with Gasteiger partial charge in [0.15, 0.2) is 5.78 Å². The second kappa shape index (κ2) is 8.47. The van der Waals surface area contributed by atoms with Gasteiger partial charge in [-0.1, -0.05) is 23.4 Å². The van der Waals surface area contributed by atoms with Crippen LogP contribution in [0.4, 0.5) is 13.2 Å². The van der Waals surface area contributed by atoms with Crippen LogP contribution in [-0.4, -0.2) is 33.8 Å². The Morgan fingerprint density at radius 3 is 2.75 bits per heavy atom. The largest absolute Gasteiger partial charge is 0.417 e. The normalized spacial score (nSPS) is 17.3. The predicted molar refractivity (Wildman–Crippen MR) is 102 cm³/mol. The Balaban J connectivity index is 1.68. The highest BCUT2D eigenvalue weighted by molar-refractivity contribution is 8.00. The second-order valence-electron chi connectivity index (χ2n) is 6.75. The highest BCUT2D eigenvalue weighted by Crippen LogP contribution is 2.34. The van der Waals surface area contributed by atoms with Gasteiger partial charge in [0.2, 0.25) is 0 Å². The van der Waals surface area contributed by atoms with Crippen molar-refractivity contribution in [3.05, 3.63) is 45.9 Å². The number of thioether (sulfide) groups is 1. The van der Waals surface area contributed by atoms with Gasteiger partial charge in [-0.3, -0.25) is 4.79 Å². The van der Waals surface area contributed by atoms with Crippen molar-refractivity contribution in [1.29, 1.82) is 0 Å². The zero-order valence-electron chi connectivity index (χ0n) is 15.5. The van der Waals surface area contributed by atoms with Gasteiger partial charge in [-0.25, -0.2) is 4.98 Å². The van der Waals surface area contributed by atoms with Crippen LogP contribution in [0.25, 0.3) is 0 Å². The van der Waals surface area contributed by atoms with Gasteiger partial charge in [-0.2, -0.15) is 13.2 Å². The summed E-state index contributed by atoms with van der Waals surface area (Å²) in [6, 6.07) is 2.67. The Bertz CT molecular complexity index is 877. The number of pyridine rings is 1. The first-order valence-corrected chi connectivity index (χ1v) is 10.2. The molecule has 1 aliphatic heterocycles. The number of ketones is 1. The third kappa shape index (κ3) is 4.72. The minimum Gasteiger partial charge on any atom is -0.376 e. The van der Waals surface area contributed by atoms with Crippen LogP contribution in [0.2, 0.25) is 5.02 Å². The van der Waals surface area contributed by atoms with E-state index in [1.807, 2.05) is 19.9 Å². The van der Waals surface area contributed by atoms with Gasteiger partial charge in [0.05, 0.1) is 22.4 Å². The molecule has 1 fully saturated rings. The van der Waals surface area contributed by atoms with Gasteiger partial charge in [-0.15, -0.1) is 0 Å². The fraction of sp³-hybridized carbons (Fsp3) is 0.474. The SMILES string of the molecule is Cc1cc(C(=O)CSc2ncc(C(F)(F)F)cc2Cl)c(C)n1C[C@@H]1CCCO1. The highest BCUT2D eigenvalue weighted by Gasteiger charge is 2.31. The maximum absolute atomic E-state index is 12.7. The van der Waals surface area contributed by atoms with Gasteiger partial charge in [0.1, 0.15) is 5.03 Å². The summed E-state index contributed by atoms with van der Waals surface area (Å²) in [6.45, 7) is 5.32. The summed E-state index contributed by atoms with van der Waals surface area (Å²) in [5, 5.41) is 0.0904. The molecule has 2 aromatic rings. The van der Waals surface area contributed by atoms with Crippen molar-refractivity contribution < 1.29 is 22.7 Å². The van der Waals surface area contributed by atoms with E-state index in [2.05, 4.69) is 9.55 Å². The van der Waals surface area contributed by atoms with Gasteiger partial charge < -0.3 is 9.30 Å². The van der Waals surface area contributed by atoms with Gasteiger partial charge in [-0.05, 0) is 38.8 Å². The first-order chi connectivity index (χ1) is 13.2. The molecule has 0 radical (unpaired) electrons. The van der Waals surface area contributed by atoms with E-state index >= 15 is 0 Å². The van der Waals surface area contributed by atoms with E-state index in [4.69, 9.17) is 16.3 Å². The van der Waals surface area contributed by atoms with E-state index in [-0.39, 0.29) is 27.7 Å². The van der Waals surface area contributed by atoms with E-state index in [1.165, 1.54) is 0 Å². The molecular weight excluding hydrogens is 413 g/mol. The van der Waals surface area contributed by atoms with Crippen molar-refractivity contribution in [3.8, 4) is 0 Å². The molecule has 4 nitrogen and oxygen atoms in total. The molecule has 0 spiro atoms. The summed E-state index contributed by atoms with van der Waals surface area (Å²) in [5.74, 6) is -0.0723. The first-order valence-electron chi connectivity index (χ1n) is 8.84. The number of aryl methyl sites for hydroxylation is 1. The molecule has 2 aromatic heterocycles. The summed E-state index contributed by atoms with van der Waals surface area (Å²) in [4.78, 5) is 16.4. The number of halogens is 4. The van der Waals surface area contributed by atoms with E-state index in [9.17, 15) is 18.0 Å². The molecule has 0 bridgehead atoms. The number of carbonyl (C=O) groups is 1. The number of nitrogens with zero attached hydrogens (tertiary/aromatic N) is 2. The summed E-state index contributed by atoms with van der Waals surface area (Å²) in [5.41, 5.74) is 1.54. The first kappa shape index (κ1) is 21.2. The standard InChI is InChI=1S/C19H20ClF3N2O2S/c1-11-6-15(12(2)25(11)9-14-4-3-5-27-14)17(26)10-28-18-16(20)7-13(8-24-18)19(21,22)23/h6-8,14H,3-5,9-10H2,1-2H3/t14-/m0/s1. The fourth-order valence-corrected chi connectivity index (χ4v) is 4.33. The Kier molecular flexibility index (Phi) is 6.41. The van der Waals surface area contributed by atoms with Crippen molar-refractivity contribution in [2.45, 2.75) is 50.5 Å². The Hall–Kier alpha value is -1.51. The lowest BCUT2D eigenvalue weighted by atomic mass is 10.2. The van der Waals surface area contributed by atoms with Crippen molar-refractivity contribution in [1.82, 2.24) is 9.55 Å². The van der Waals surface area contributed by atoms with Crippen molar-refractivity contribution in [3.63, 3.8) is 0 Å². The molecule has 3 heterocycles. The number of aromatic nitrogens is 2. The molecule has 28 heavy (non-hydrogen) atoms. The van der Waals surface area contributed by atoms with E-state index in [1.54, 1.807) is 0 Å². The molecule has 0 aliphatic carbocycles. The number of alkyl halides is 3. The fourth-order valence-electron chi connectivity index (χ4n) is 3.25. The van der Waals surface area contributed by atoms with Gasteiger partial charge >= 0.3 is 6.18 Å². The summed E-state index contributed by atoms with van der Waals surface area (Å²) < 4.78 is 45.8. The van der Waals surface area contributed by atoms with E-state index < -0.39 is 11.7 Å². The zero-order chi connectivity index (χ0) is 20.5. The third-order valence-corrected chi connectivity index (χ3v) is 6.16. The lowest BCUT2D eigenvalue weighted by Crippen LogP contribution is -2.17. The molecule has 0 aromatic carbocycles. The smallest absolute Gasteiger partial charge is 0.376 e. The van der Waals surface area contributed by atoms with Crippen molar-refractivity contribution in [2.24, 2.45) is 0 Å². The van der Waals surface area contributed by atoms with Crippen LogP contribution in [0.3, 0.4) is 0 Å². The maximum Gasteiger partial charge on any atom is 0.417 e. The van der Waals surface area contributed by atoms with Crippen LogP contribution >= 0.6 is 23.4 Å². The predicted octanol–water partition coefficient (Wildman–Crippen LogP) is 5.33.